The van der Waals surface area contributed by atoms with E-state index in [0.29, 0.717) is 21.4 Å². The maximum absolute atomic E-state index is 12.1. The average Bonchev–Trinajstić information content (AvgIpc) is 3.13. The SMILES string of the molecule is C=CCn1c(=NC(=O)c2ccco2)sc2ccc(Cl)c(Cl)c21. The zero-order chi connectivity index (χ0) is 15.7. The molecule has 0 radical (unpaired) electrons. The Balaban J connectivity index is 2.25. The Morgan fingerprint density at radius 1 is 1.41 bits per heavy atom. The van der Waals surface area contributed by atoms with Gasteiger partial charge in [0.05, 0.1) is 26.5 Å². The molecule has 3 aromatic rings. The number of benzene rings is 1. The summed E-state index contributed by atoms with van der Waals surface area (Å²) in [7, 11) is 0. The Morgan fingerprint density at radius 3 is 2.91 bits per heavy atom. The standard InChI is InChI=1S/C15H10Cl2N2O2S/c1-2-7-19-13-11(6-5-9(16)12(13)17)22-15(19)18-14(20)10-4-3-8-21-10/h2-6,8H,1,7H2. The molecule has 0 unspecified atom stereocenters. The third-order valence-electron chi connectivity index (χ3n) is 2.97. The van der Waals surface area contributed by atoms with E-state index >= 15 is 0 Å². The molecule has 0 aliphatic heterocycles. The van der Waals surface area contributed by atoms with E-state index in [1.165, 1.54) is 17.6 Å². The van der Waals surface area contributed by atoms with Crippen molar-refractivity contribution in [3.8, 4) is 0 Å². The van der Waals surface area contributed by atoms with Crippen LogP contribution in [0.3, 0.4) is 0 Å². The van der Waals surface area contributed by atoms with Gasteiger partial charge in [-0.2, -0.15) is 4.99 Å². The molecule has 0 aliphatic carbocycles. The van der Waals surface area contributed by atoms with Gasteiger partial charge in [0.1, 0.15) is 0 Å². The molecule has 4 nitrogen and oxygen atoms in total. The van der Waals surface area contributed by atoms with Crippen LogP contribution in [0.25, 0.3) is 10.2 Å². The molecule has 7 heteroatoms. The van der Waals surface area contributed by atoms with Gasteiger partial charge in [-0.15, -0.1) is 6.58 Å². The van der Waals surface area contributed by atoms with Gasteiger partial charge in [-0.25, -0.2) is 0 Å². The Hall–Kier alpha value is -1.82. The average molecular weight is 353 g/mol. The number of hydrogen-bond donors (Lipinski definition) is 0. The van der Waals surface area contributed by atoms with Gasteiger partial charge in [0.2, 0.25) is 0 Å². The van der Waals surface area contributed by atoms with Gasteiger partial charge in [-0.1, -0.05) is 40.6 Å². The lowest BCUT2D eigenvalue weighted by atomic mass is 10.3. The number of carbonyl (C=O) groups is 1. The molecule has 2 heterocycles. The number of furan rings is 1. The fourth-order valence-corrected chi connectivity index (χ4v) is 3.55. The van der Waals surface area contributed by atoms with E-state index in [1.54, 1.807) is 24.3 Å². The fourth-order valence-electron chi connectivity index (χ4n) is 2.03. The molecular weight excluding hydrogens is 343 g/mol. The molecule has 0 saturated carbocycles. The second kappa shape index (κ2) is 6.12. The van der Waals surface area contributed by atoms with E-state index in [1.807, 2.05) is 10.6 Å². The van der Waals surface area contributed by atoms with Crippen LogP contribution in [0.4, 0.5) is 0 Å². The first kappa shape index (κ1) is 15.1. The number of hydrogen-bond acceptors (Lipinski definition) is 3. The van der Waals surface area contributed by atoms with Crippen molar-refractivity contribution >= 4 is 50.7 Å². The summed E-state index contributed by atoms with van der Waals surface area (Å²) in [5.41, 5.74) is 0.741. The molecule has 0 spiro atoms. The number of carbonyl (C=O) groups excluding carboxylic acids is 1. The number of rotatable bonds is 3. The molecule has 1 aromatic carbocycles. The Labute approximate surface area is 139 Å². The first-order chi connectivity index (χ1) is 10.6. The van der Waals surface area contributed by atoms with Crippen LogP contribution in [0.5, 0.6) is 0 Å². The van der Waals surface area contributed by atoms with Crippen LogP contribution in [-0.2, 0) is 6.54 Å². The van der Waals surface area contributed by atoms with E-state index in [9.17, 15) is 4.79 Å². The lowest BCUT2D eigenvalue weighted by molar-refractivity contribution is 0.0971. The number of allylic oxidation sites excluding steroid dienone is 1. The van der Waals surface area contributed by atoms with Crippen LogP contribution in [0.15, 0.2) is 52.6 Å². The molecule has 0 saturated heterocycles. The predicted molar refractivity (Wildman–Crippen MR) is 88.6 cm³/mol. The summed E-state index contributed by atoms with van der Waals surface area (Å²) in [4.78, 5) is 16.8. The highest BCUT2D eigenvalue weighted by Gasteiger charge is 2.14. The first-order valence-corrected chi connectivity index (χ1v) is 7.90. The van der Waals surface area contributed by atoms with Crippen LogP contribution in [0.2, 0.25) is 10.0 Å². The van der Waals surface area contributed by atoms with Gasteiger partial charge in [0, 0.05) is 6.54 Å². The van der Waals surface area contributed by atoms with Crippen LogP contribution in [-0.4, -0.2) is 10.5 Å². The number of nitrogens with zero attached hydrogens (tertiary/aromatic N) is 2. The van der Waals surface area contributed by atoms with Crippen molar-refractivity contribution in [2.75, 3.05) is 0 Å². The van der Waals surface area contributed by atoms with E-state index in [2.05, 4.69) is 11.6 Å². The fraction of sp³-hybridized carbons (Fsp3) is 0.0667. The number of fused-ring (bicyclic) bond motifs is 1. The van der Waals surface area contributed by atoms with Crippen molar-refractivity contribution < 1.29 is 9.21 Å². The summed E-state index contributed by atoms with van der Waals surface area (Å²) in [6.07, 6.45) is 3.14. The third kappa shape index (κ3) is 2.63. The Bertz CT molecular complexity index is 923. The first-order valence-electron chi connectivity index (χ1n) is 6.32. The van der Waals surface area contributed by atoms with Crippen molar-refractivity contribution in [2.24, 2.45) is 4.99 Å². The molecule has 0 atom stereocenters. The van der Waals surface area contributed by atoms with E-state index in [4.69, 9.17) is 27.6 Å². The summed E-state index contributed by atoms with van der Waals surface area (Å²) in [5, 5.41) is 0.887. The quantitative estimate of drug-likeness (QED) is 0.650. The van der Waals surface area contributed by atoms with E-state index in [-0.39, 0.29) is 5.76 Å². The number of halogens is 2. The molecular formula is C15H10Cl2N2O2S. The topological polar surface area (TPSA) is 47.5 Å². The van der Waals surface area contributed by atoms with Crippen molar-refractivity contribution in [1.82, 2.24) is 4.57 Å². The Morgan fingerprint density at radius 2 is 2.23 bits per heavy atom. The highest BCUT2D eigenvalue weighted by Crippen LogP contribution is 2.32. The molecule has 0 N–H and O–H groups in total. The summed E-state index contributed by atoms with van der Waals surface area (Å²) in [5.74, 6) is -0.261. The van der Waals surface area contributed by atoms with Crippen molar-refractivity contribution in [2.45, 2.75) is 6.54 Å². The van der Waals surface area contributed by atoms with E-state index < -0.39 is 5.91 Å². The minimum atomic E-state index is -0.448. The third-order valence-corrected chi connectivity index (χ3v) is 4.81. The number of thiazole rings is 1. The lowest BCUT2D eigenvalue weighted by Gasteiger charge is -2.03. The van der Waals surface area contributed by atoms with Crippen molar-refractivity contribution in [3.05, 3.63) is 63.8 Å². The monoisotopic (exact) mass is 352 g/mol. The predicted octanol–water partition coefficient (Wildman–Crippen LogP) is 4.53. The van der Waals surface area contributed by atoms with Gasteiger partial charge in [0.25, 0.3) is 0 Å². The molecule has 0 fully saturated rings. The maximum atomic E-state index is 12.1. The summed E-state index contributed by atoms with van der Waals surface area (Å²) in [6.45, 7) is 4.19. The Kier molecular flexibility index (Phi) is 4.20. The van der Waals surface area contributed by atoms with Crippen LogP contribution in [0, 0.1) is 0 Å². The summed E-state index contributed by atoms with van der Waals surface area (Å²) < 4.78 is 7.77. The largest absolute Gasteiger partial charge is 0.459 e. The number of amides is 1. The van der Waals surface area contributed by atoms with E-state index in [0.717, 1.165) is 10.2 Å². The van der Waals surface area contributed by atoms with Gasteiger partial charge >= 0.3 is 5.91 Å². The highest BCUT2D eigenvalue weighted by molar-refractivity contribution is 7.16. The molecule has 0 bridgehead atoms. The normalized spacial score (nSPS) is 12.0. The second-order valence-corrected chi connectivity index (χ2v) is 6.18. The molecule has 112 valence electrons. The zero-order valence-corrected chi connectivity index (χ0v) is 13.6. The second-order valence-electron chi connectivity index (χ2n) is 4.39. The smallest absolute Gasteiger partial charge is 0.315 e. The van der Waals surface area contributed by atoms with Crippen LogP contribution >= 0.6 is 34.5 Å². The molecule has 3 rings (SSSR count). The van der Waals surface area contributed by atoms with Gasteiger partial charge in [-0.3, -0.25) is 4.79 Å². The summed E-state index contributed by atoms with van der Waals surface area (Å²) in [6, 6.07) is 6.78. The van der Waals surface area contributed by atoms with Gasteiger partial charge < -0.3 is 8.98 Å². The van der Waals surface area contributed by atoms with Gasteiger partial charge in [-0.05, 0) is 24.3 Å². The van der Waals surface area contributed by atoms with Gasteiger partial charge in [0.15, 0.2) is 10.6 Å². The highest BCUT2D eigenvalue weighted by atomic mass is 35.5. The minimum Gasteiger partial charge on any atom is -0.459 e. The van der Waals surface area contributed by atoms with Crippen LogP contribution in [0.1, 0.15) is 10.6 Å². The zero-order valence-electron chi connectivity index (χ0n) is 11.3. The molecule has 0 aliphatic rings. The molecule has 2 aromatic heterocycles. The van der Waals surface area contributed by atoms with Crippen molar-refractivity contribution in [3.63, 3.8) is 0 Å². The summed E-state index contributed by atoms with van der Waals surface area (Å²) >= 11 is 13.7. The molecule has 22 heavy (non-hydrogen) atoms. The van der Waals surface area contributed by atoms with Crippen LogP contribution < -0.4 is 4.80 Å². The molecule has 1 amide bonds. The van der Waals surface area contributed by atoms with Crippen molar-refractivity contribution in [1.29, 1.82) is 0 Å². The maximum Gasteiger partial charge on any atom is 0.315 e. The lowest BCUT2D eigenvalue weighted by Crippen LogP contribution is -2.16. The minimum absolute atomic E-state index is 0.187. The number of aromatic nitrogens is 1.